The highest BCUT2D eigenvalue weighted by Crippen LogP contribution is 2.30. The third-order valence-corrected chi connectivity index (χ3v) is 3.89. The van der Waals surface area contributed by atoms with E-state index in [1.54, 1.807) is 4.57 Å². The van der Waals surface area contributed by atoms with Crippen molar-refractivity contribution in [1.29, 1.82) is 0 Å². The molecule has 0 spiro atoms. The van der Waals surface area contributed by atoms with Gasteiger partial charge in [0.1, 0.15) is 0 Å². The van der Waals surface area contributed by atoms with E-state index < -0.39 is 17.6 Å². The van der Waals surface area contributed by atoms with Crippen molar-refractivity contribution in [3.63, 3.8) is 0 Å². The highest BCUT2D eigenvalue weighted by Gasteiger charge is 2.31. The van der Waals surface area contributed by atoms with Crippen LogP contribution < -0.4 is 5.32 Å². The molecule has 2 heterocycles. The van der Waals surface area contributed by atoms with Crippen LogP contribution in [0, 0.1) is 0 Å². The van der Waals surface area contributed by atoms with Gasteiger partial charge in [0.2, 0.25) is 5.95 Å². The number of nitrogens with zero attached hydrogens (tertiary/aromatic N) is 3. The molecule has 1 aromatic carbocycles. The van der Waals surface area contributed by atoms with E-state index in [4.69, 9.17) is 0 Å². The van der Waals surface area contributed by atoms with Crippen LogP contribution in [0.3, 0.4) is 0 Å². The lowest BCUT2D eigenvalue weighted by Crippen LogP contribution is -2.17. The van der Waals surface area contributed by atoms with E-state index in [0.29, 0.717) is 11.7 Å². The zero-order chi connectivity index (χ0) is 15.0. The summed E-state index contributed by atoms with van der Waals surface area (Å²) in [4.78, 5) is 12.0. The lowest BCUT2D eigenvalue weighted by molar-refractivity contribution is -0.137. The minimum Gasteiger partial charge on any atom is -0.290 e. The first-order valence-corrected chi connectivity index (χ1v) is 6.98. The zero-order valence-corrected chi connectivity index (χ0v) is 11.3. The summed E-state index contributed by atoms with van der Waals surface area (Å²) in [6, 6.07) is 4.25. The smallest absolute Gasteiger partial charge is 0.290 e. The Morgan fingerprint density at radius 1 is 1.33 bits per heavy atom. The summed E-state index contributed by atoms with van der Waals surface area (Å²) in [6.07, 6.45) is -4.48. The Kier molecular flexibility index (Phi) is 3.36. The molecular formula is C12H9F3N4OS. The van der Waals surface area contributed by atoms with Crippen molar-refractivity contribution in [1.82, 2.24) is 14.8 Å². The van der Waals surface area contributed by atoms with Crippen molar-refractivity contribution in [2.75, 3.05) is 11.1 Å². The molecule has 0 bridgehead atoms. The van der Waals surface area contributed by atoms with Gasteiger partial charge in [-0.2, -0.15) is 13.2 Å². The molecule has 9 heteroatoms. The van der Waals surface area contributed by atoms with E-state index in [2.05, 4.69) is 15.5 Å². The minimum atomic E-state index is -4.48. The average Bonchev–Trinajstić information content (AvgIpc) is 3.03. The van der Waals surface area contributed by atoms with E-state index in [-0.39, 0.29) is 11.5 Å². The molecule has 0 aliphatic carbocycles. The lowest BCUT2D eigenvalue weighted by Gasteiger charge is -2.09. The van der Waals surface area contributed by atoms with Crippen molar-refractivity contribution >= 4 is 23.6 Å². The average molecular weight is 314 g/mol. The van der Waals surface area contributed by atoms with E-state index in [0.717, 1.165) is 17.9 Å². The predicted molar refractivity (Wildman–Crippen MR) is 70.1 cm³/mol. The van der Waals surface area contributed by atoms with Gasteiger partial charge >= 0.3 is 6.18 Å². The molecule has 21 heavy (non-hydrogen) atoms. The second kappa shape index (κ2) is 5.06. The Hall–Kier alpha value is -2.03. The molecule has 2 aromatic rings. The fraction of sp³-hybridized carbons (Fsp3) is 0.250. The first-order chi connectivity index (χ1) is 9.95. The van der Waals surface area contributed by atoms with Gasteiger partial charge in [-0.3, -0.25) is 14.7 Å². The van der Waals surface area contributed by atoms with Crippen LogP contribution in [0.15, 0.2) is 29.4 Å². The number of halogens is 3. The Morgan fingerprint density at radius 3 is 2.90 bits per heavy atom. The van der Waals surface area contributed by atoms with Gasteiger partial charge in [0.05, 0.1) is 5.56 Å². The topological polar surface area (TPSA) is 59.8 Å². The predicted octanol–water partition coefficient (Wildman–Crippen LogP) is 2.65. The summed E-state index contributed by atoms with van der Waals surface area (Å²) in [6.45, 7) is 0.658. The van der Waals surface area contributed by atoms with E-state index in [9.17, 15) is 18.0 Å². The molecule has 0 radical (unpaired) electrons. The first kappa shape index (κ1) is 13.9. The number of anilines is 1. The van der Waals surface area contributed by atoms with Crippen LogP contribution >= 0.6 is 11.8 Å². The number of carbonyl (C=O) groups is 1. The third kappa shape index (κ3) is 2.73. The van der Waals surface area contributed by atoms with E-state index in [1.165, 1.54) is 23.9 Å². The number of amides is 1. The van der Waals surface area contributed by atoms with Gasteiger partial charge in [-0.15, -0.1) is 10.2 Å². The largest absolute Gasteiger partial charge is 0.416 e. The normalized spacial score (nSPS) is 14.0. The maximum absolute atomic E-state index is 12.6. The summed E-state index contributed by atoms with van der Waals surface area (Å²) in [5.41, 5.74) is -0.940. The summed E-state index contributed by atoms with van der Waals surface area (Å²) in [5, 5.41) is 10.9. The molecule has 1 amide bonds. The van der Waals surface area contributed by atoms with Gasteiger partial charge in [0, 0.05) is 17.9 Å². The zero-order valence-electron chi connectivity index (χ0n) is 10.5. The van der Waals surface area contributed by atoms with Crippen molar-refractivity contribution in [3.05, 3.63) is 35.4 Å². The molecule has 3 rings (SSSR count). The van der Waals surface area contributed by atoms with Crippen LogP contribution in [0.1, 0.15) is 15.9 Å². The second-order valence-electron chi connectivity index (χ2n) is 4.34. The molecule has 110 valence electrons. The van der Waals surface area contributed by atoms with Gasteiger partial charge in [0.15, 0.2) is 5.16 Å². The molecule has 1 aliphatic heterocycles. The molecule has 0 atom stereocenters. The summed E-state index contributed by atoms with van der Waals surface area (Å²) >= 11 is 1.51. The Bertz CT molecular complexity index is 698. The van der Waals surface area contributed by atoms with Crippen LogP contribution in [0.25, 0.3) is 0 Å². The molecule has 0 unspecified atom stereocenters. The molecule has 0 saturated heterocycles. The van der Waals surface area contributed by atoms with Crippen LogP contribution in [0.2, 0.25) is 0 Å². The van der Waals surface area contributed by atoms with Gasteiger partial charge in [-0.1, -0.05) is 17.8 Å². The first-order valence-electron chi connectivity index (χ1n) is 6.00. The van der Waals surface area contributed by atoms with Gasteiger partial charge < -0.3 is 0 Å². The number of rotatable bonds is 2. The quantitative estimate of drug-likeness (QED) is 0.926. The second-order valence-corrected chi connectivity index (χ2v) is 5.40. The maximum Gasteiger partial charge on any atom is 0.416 e. The summed E-state index contributed by atoms with van der Waals surface area (Å²) in [5.74, 6) is 0.433. The molecular weight excluding hydrogens is 305 g/mol. The minimum absolute atomic E-state index is 0.0761. The lowest BCUT2D eigenvalue weighted by atomic mass is 10.1. The molecule has 1 N–H and O–H groups in total. The number of thioether (sulfide) groups is 1. The Balaban J connectivity index is 1.82. The highest BCUT2D eigenvalue weighted by atomic mass is 32.2. The van der Waals surface area contributed by atoms with Crippen LogP contribution in [0.5, 0.6) is 0 Å². The molecule has 0 fully saturated rings. The SMILES string of the molecule is O=C(Nc1nnc2n1CCS2)c1cccc(C(F)(F)F)c1. The number of fused-ring (bicyclic) bond motifs is 1. The number of carbonyl (C=O) groups excluding carboxylic acids is 1. The number of hydrogen-bond donors (Lipinski definition) is 1. The number of nitrogens with one attached hydrogen (secondary N) is 1. The number of aromatic nitrogens is 3. The van der Waals surface area contributed by atoms with Crippen molar-refractivity contribution in [3.8, 4) is 0 Å². The van der Waals surface area contributed by atoms with Crippen molar-refractivity contribution < 1.29 is 18.0 Å². The maximum atomic E-state index is 12.6. The van der Waals surface area contributed by atoms with E-state index >= 15 is 0 Å². The summed E-state index contributed by atoms with van der Waals surface area (Å²) in [7, 11) is 0. The standard InChI is InChI=1S/C12H9F3N4OS/c13-12(14,15)8-3-1-2-7(6-8)9(20)16-10-17-18-11-19(10)4-5-21-11/h1-3,6H,4-5H2,(H,16,17,20). The molecule has 5 nitrogen and oxygen atoms in total. The monoisotopic (exact) mass is 314 g/mol. The Labute approximate surface area is 121 Å². The molecule has 1 aliphatic rings. The van der Waals surface area contributed by atoms with Crippen molar-refractivity contribution in [2.24, 2.45) is 0 Å². The number of alkyl halides is 3. The fourth-order valence-corrected chi connectivity index (χ4v) is 2.82. The molecule has 1 aromatic heterocycles. The van der Waals surface area contributed by atoms with Gasteiger partial charge in [0.25, 0.3) is 5.91 Å². The van der Waals surface area contributed by atoms with Crippen molar-refractivity contribution in [2.45, 2.75) is 17.9 Å². The van der Waals surface area contributed by atoms with Crippen LogP contribution in [0.4, 0.5) is 19.1 Å². The Morgan fingerprint density at radius 2 is 2.14 bits per heavy atom. The number of benzene rings is 1. The summed E-state index contributed by atoms with van der Waals surface area (Å²) < 4.78 is 39.6. The fourth-order valence-electron chi connectivity index (χ4n) is 1.93. The van der Waals surface area contributed by atoms with Crippen LogP contribution in [-0.2, 0) is 12.7 Å². The van der Waals surface area contributed by atoms with Crippen LogP contribution in [-0.4, -0.2) is 26.4 Å². The number of hydrogen-bond acceptors (Lipinski definition) is 4. The van der Waals surface area contributed by atoms with Gasteiger partial charge in [-0.05, 0) is 18.2 Å². The molecule has 0 saturated carbocycles. The van der Waals surface area contributed by atoms with Gasteiger partial charge in [-0.25, -0.2) is 0 Å². The third-order valence-electron chi connectivity index (χ3n) is 2.94. The highest BCUT2D eigenvalue weighted by molar-refractivity contribution is 7.99. The van der Waals surface area contributed by atoms with E-state index in [1.807, 2.05) is 0 Å².